The summed E-state index contributed by atoms with van der Waals surface area (Å²) in [5.74, 6) is -1.52. The zero-order valence-electron chi connectivity index (χ0n) is 11.1. The van der Waals surface area contributed by atoms with Crippen molar-refractivity contribution in [3.8, 4) is 0 Å². The molecule has 0 radical (unpaired) electrons. The Morgan fingerprint density at radius 1 is 1.19 bits per heavy atom. The number of primary amides is 1. The van der Waals surface area contributed by atoms with E-state index in [0.29, 0.717) is 5.56 Å². The van der Waals surface area contributed by atoms with E-state index in [4.69, 9.17) is 5.73 Å². The minimum Gasteiger partial charge on any atom is -0.368 e. The van der Waals surface area contributed by atoms with Gasteiger partial charge < -0.3 is 11.1 Å². The molecule has 0 aliphatic heterocycles. The molecule has 2 rings (SSSR count). The lowest BCUT2D eigenvalue weighted by Gasteiger charge is -2.15. The summed E-state index contributed by atoms with van der Waals surface area (Å²) in [5.41, 5.74) is 6.19. The minimum atomic E-state index is -0.884. The smallest absolute Gasteiger partial charge is 0.270 e. The summed E-state index contributed by atoms with van der Waals surface area (Å²) in [6.07, 6.45) is 1.67. The quantitative estimate of drug-likeness (QED) is 0.862. The maximum atomic E-state index is 12.8. The third-order valence-corrected chi connectivity index (χ3v) is 2.90. The number of halogens is 1. The number of pyridine rings is 1. The topological polar surface area (TPSA) is 85.1 Å². The second-order valence-corrected chi connectivity index (χ2v) is 4.47. The Balaban J connectivity index is 2.07. The van der Waals surface area contributed by atoms with Crippen LogP contribution in [0.5, 0.6) is 0 Å². The highest BCUT2D eigenvalue weighted by atomic mass is 19.1. The second kappa shape index (κ2) is 6.60. The predicted octanol–water partition coefficient (Wildman–Crippen LogP) is 1.05. The van der Waals surface area contributed by atoms with Gasteiger partial charge in [-0.2, -0.15) is 0 Å². The Labute approximate surface area is 121 Å². The molecule has 0 saturated carbocycles. The molecule has 21 heavy (non-hydrogen) atoms. The first kappa shape index (κ1) is 14.6. The number of aromatic nitrogens is 1. The summed E-state index contributed by atoms with van der Waals surface area (Å²) < 4.78 is 12.8. The molecule has 1 heterocycles. The highest BCUT2D eigenvalue weighted by molar-refractivity contribution is 5.95. The van der Waals surface area contributed by atoms with Crippen LogP contribution in [0, 0.1) is 5.82 Å². The number of amides is 2. The van der Waals surface area contributed by atoms with Gasteiger partial charge in [-0.05, 0) is 29.8 Å². The van der Waals surface area contributed by atoms with Crippen LogP contribution in [0.25, 0.3) is 0 Å². The molecular formula is C15H14FN3O2. The highest BCUT2D eigenvalue weighted by Gasteiger charge is 2.19. The van der Waals surface area contributed by atoms with Crippen molar-refractivity contribution in [3.05, 3.63) is 65.7 Å². The summed E-state index contributed by atoms with van der Waals surface area (Å²) in [4.78, 5) is 27.3. The SMILES string of the molecule is NC(=O)[C@H](Cc1ccc(F)cc1)NC(=O)c1ccccn1. The molecule has 0 unspecified atom stereocenters. The zero-order chi connectivity index (χ0) is 15.2. The average molecular weight is 287 g/mol. The summed E-state index contributed by atoms with van der Waals surface area (Å²) in [5, 5.41) is 2.53. The molecule has 0 bridgehead atoms. The first-order chi connectivity index (χ1) is 10.1. The number of hydrogen-bond donors (Lipinski definition) is 2. The van der Waals surface area contributed by atoms with Crippen molar-refractivity contribution in [2.75, 3.05) is 0 Å². The maximum Gasteiger partial charge on any atom is 0.270 e. The van der Waals surface area contributed by atoms with E-state index in [1.165, 1.54) is 36.5 Å². The fourth-order valence-corrected chi connectivity index (χ4v) is 1.81. The van der Waals surface area contributed by atoms with Crippen LogP contribution in [0.4, 0.5) is 4.39 Å². The third kappa shape index (κ3) is 4.10. The van der Waals surface area contributed by atoms with Gasteiger partial charge in [-0.3, -0.25) is 14.6 Å². The number of nitrogens with zero attached hydrogens (tertiary/aromatic N) is 1. The lowest BCUT2D eigenvalue weighted by molar-refractivity contribution is -0.119. The Kier molecular flexibility index (Phi) is 4.61. The van der Waals surface area contributed by atoms with Gasteiger partial charge in [0.05, 0.1) is 0 Å². The van der Waals surface area contributed by atoms with Crippen LogP contribution in [0.1, 0.15) is 16.1 Å². The van der Waals surface area contributed by atoms with Crippen LogP contribution in [-0.2, 0) is 11.2 Å². The van der Waals surface area contributed by atoms with Gasteiger partial charge in [0.25, 0.3) is 5.91 Å². The van der Waals surface area contributed by atoms with Gasteiger partial charge in [0.1, 0.15) is 17.6 Å². The molecule has 0 fully saturated rings. The molecule has 1 atom stereocenters. The van der Waals surface area contributed by atoms with Gasteiger partial charge in [-0.15, -0.1) is 0 Å². The lowest BCUT2D eigenvalue weighted by Crippen LogP contribution is -2.46. The molecule has 108 valence electrons. The zero-order valence-corrected chi connectivity index (χ0v) is 11.1. The van der Waals surface area contributed by atoms with Crippen LogP contribution in [0.15, 0.2) is 48.7 Å². The van der Waals surface area contributed by atoms with E-state index in [9.17, 15) is 14.0 Å². The third-order valence-electron chi connectivity index (χ3n) is 2.90. The van der Waals surface area contributed by atoms with Crippen molar-refractivity contribution < 1.29 is 14.0 Å². The van der Waals surface area contributed by atoms with E-state index in [1.807, 2.05) is 0 Å². The number of nitrogens with two attached hydrogens (primary N) is 1. The predicted molar refractivity (Wildman–Crippen MR) is 74.8 cm³/mol. The molecule has 0 aliphatic rings. The van der Waals surface area contributed by atoms with Gasteiger partial charge in [0.2, 0.25) is 5.91 Å². The Morgan fingerprint density at radius 3 is 2.48 bits per heavy atom. The largest absolute Gasteiger partial charge is 0.368 e. The number of carbonyl (C=O) groups excluding carboxylic acids is 2. The molecule has 2 amide bonds. The van der Waals surface area contributed by atoms with E-state index in [2.05, 4.69) is 10.3 Å². The van der Waals surface area contributed by atoms with E-state index in [1.54, 1.807) is 12.1 Å². The van der Waals surface area contributed by atoms with Crippen molar-refractivity contribution in [2.45, 2.75) is 12.5 Å². The van der Waals surface area contributed by atoms with Crippen molar-refractivity contribution in [3.63, 3.8) is 0 Å². The first-order valence-electron chi connectivity index (χ1n) is 6.32. The molecule has 1 aromatic heterocycles. The Morgan fingerprint density at radius 2 is 1.90 bits per heavy atom. The Hall–Kier alpha value is -2.76. The molecular weight excluding hydrogens is 273 g/mol. The average Bonchev–Trinajstić information content (AvgIpc) is 2.49. The van der Waals surface area contributed by atoms with Gasteiger partial charge in [0.15, 0.2) is 0 Å². The van der Waals surface area contributed by atoms with E-state index >= 15 is 0 Å². The van der Waals surface area contributed by atoms with Crippen molar-refractivity contribution in [1.29, 1.82) is 0 Å². The number of hydrogen-bond acceptors (Lipinski definition) is 3. The number of rotatable bonds is 5. The van der Waals surface area contributed by atoms with Crippen LogP contribution in [0.3, 0.4) is 0 Å². The van der Waals surface area contributed by atoms with Gasteiger partial charge >= 0.3 is 0 Å². The van der Waals surface area contributed by atoms with Gasteiger partial charge in [-0.1, -0.05) is 18.2 Å². The summed E-state index contributed by atoms with van der Waals surface area (Å²) in [6, 6.07) is 9.65. The van der Waals surface area contributed by atoms with Crippen LogP contribution < -0.4 is 11.1 Å². The highest BCUT2D eigenvalue weighted by Crippen LogP contribution is 2.06. The molecule has 6 heteroatoms. The van der Waals surface area contributed by atoms with E-state index < -0.39 is 17.9 Å². The number of benzene rings is 1. The fraction of sp³-hybridized carbons (Fsp3) is 0.133. The second-order valence-electron chi connectivity index (χ2n) is 4.47. The van der Waals surface area contributed by atoms with Crippen molar-refractivity contribution in [2.24, 2.45) is 5.73 Å². The van der Waals surface area contributed by atoms with Crippen LogP contribution in [-0.4, -0.2) is 22.8 Å². The molecule has 1 aromatic carbocycles. The van der Waals surface area contributed by atoms with Crippen molar-refractivity contribution >= 4 is 11.8 Å². The molecule has 5 nitrogen and oxygen atoms in total. The molecule has 3 N–H and O–H groups in total. The van der Waals surface area contributed by atoms with Crippen LogP contribution in [0.2, 0.25) is 0 Å². The minimum absolute atomic E-state index is 0.189. The van der Waals surface area contributed by atoms with E-state index in [0.717, 1.165) is 0 Å². The summed E-state index contributed by atoms with van der Waals surface area (Å²) >= 11 is 0. The summed E-state index contributed by atoms with van der Waals surface area (Å²) in [7, 11) is 0. The van der Waals surface area contributed by atoms with E-state index in [-0.39, 0.29) is 17.9 Å². The normalized spacial score (nSPS) is 11.7. The lowest BCUT2D eigenvalue weighted by atomic mass is 10.1. The van der Waals surface area contributed by atoms with Gasteiger partial charge in [0, 0.05) is 12.6 Å². The summed E-state index contributed by atoms with van der Waals surface area (Å²) in [6.45, 7) is 0. The maximum absolute atomic E-state index is 12.8. The first-order valence-corrected chi connectivity index (χ1v) is 6.32. The van der Waals surface area contributed by atoms with Gasteiger partial charge in [-0.25, -0.2) is 4.39 Å². The van der Waals surface area contributed by atoms with Crippen LogP contribution >= 0.6 is 0 Å². The molecule has 2 aromatic rings. The monoisotopic (exact) mass is 287 g/mol. The standard InChI is InChI=1S/C15H14FN3O2/c16-11-6-4-10(5-7-11)9-13(14(17)20)19-15(21)12-3-1-2-8-18-12/h1-8,13H,9H2,(H2,17,20)(H,19,21)/t13-/m0/s1. The van der Waals surface area contributed by atoms with Crippen molar-refractivity contribution in [1.82, 2.24) is 10.3 Å². The molecule has 0 saturated heterocycles. The Bertz CT molecular complexity index is 629. The fourth-order valence-electron chi connectivity index (χ4n) is 1.81. The number of nitrogens with one attached hydrogen (secondary N) is 1. The molecule has 0 aliphatic carbocycles. The molecule has 0 spiro atoms. The number of carbonyl (C=O) groups is 2.